The summed E-state index contributed by atoms with van der Waals surface area (Å²) in [5, 5.41) is 4.74. The van der Waals surface area contributed by atoms with E-state index in [1.807, 2.05) is 12.3 Å². The molecule has 25 heavy (non-hydrogen) atoms. The van der Waals surface area contributed by atoms with Crippen molar-refractivity contribution in [3.63, 3.8) is 0 Å². The van der Waals surface area contributed by atoms with E-state index >= 15 is 0 Å². The first-order valence-electron chi connectivity index (χ1n) is 8.75. The number of amides is 1. The van der Waals surface area contributed by atoms with E-state index in [9.17, 15) is 9.59 Å². The highest BCUT2D eigenvalue weighted by Gasteiger charge is 2.07. The molecule has 5 nitrogen and oxygen atoms in total. The molecule has 0 bridgehead atoms. The molecule has 1 amide bonds. The Morgan fingerprint density at radius 2 is 1.80 bits per heavy atom. The van der Waals surface area contributed by atoms with Crippen molar-refractivity contribution in [2.75, 3.05) is 13.1 Å². The lowest BCUT2D eigenvalue weighted by Crippen LogP contribution is -2.26. The lowest BCUT2D eigenvalue weighted by molar-refractivity contribution is -0.121. The second kappa shape index (κ2) is 9.53. The molecule has 2 aromatic rings. The van der Waals surface area contributed by atoms with Crippen LogP contribution in [0.25, 0.3) is 0 Å². The van der Waals surface area contributed by atoms with Crippen LogP contribution in [0, 0.1) is 6.92 Å². The zero-order chi connectivity index (χ0) is 18.2. The largest absolute Gasteiger partial charge is 0.352 e. The summed E-state index contributed by atoms with van der Waals surface area (Å²) in [6, 6.07) is 8.36. The van der Waals surface area contributed by atoms with Gasteiger partial charge in [-0.3, -0.25) is 14.5 Å². The van der Waals surface area contributed by atoms with Crippen LogP contribution in [0.5, 0.6) is 0 Å². The summed E-state index contributed by atoms with van der Waals surface area (Å²) in [4.78, 5) is 26.0. The van der Waals surface area contributed by atoms with Crippen molar-refractivity contribution in [2.45, 2.75) is 46.8 Å². The first-order chi connectivity index (χ1) is 12.0. The summed E-state index contributed by atoms with van der Waals surface area (Å²) in [5.74, 6) is -0.0373. The van der Waals surface area contributed by atoms with Crippen molar-refractivity contribution < 1.29 is 4.79 Å². The number of benzene rings is 1. The molecule has 1 aromatic carbocycles. The highest BCUT2D eigenvalue weighted by atomic mass is 32.1. The zero-order valence-corrected chi connectivity index (χ0v) is 16.1. The Balaban J connectivity index is 1.78. The van der Waals surface area contributed by atoms with Crippen molar-refractivity contribution >= 4 is 17.2 Å². The van der Waals surface area contributed by atoms with Crippen LogP contribution in [0.2, 0.25) is 0 Å². The van der Waals surface area contributed by atoms with Crippen molar-refractivity contribution in [3.8, 4) is 0 Å². The predicted molar refractivity (Wildman–Crippen MR) is 103 cm³/mol. The molecule has 0 saturated carbocycles. The van der Waals surface area contributed by atoms with Crippen LogP contribution in [-0.4, -0.2) is 28.5 Å². The van der Waals surface area contributed by atoms with Gasteiger partial charge in [-0.05, 0) is 31.1 Å². The topological polar surface area (TPSA) is 54.3 Å². The number of hydrogen-bond donors (Lipinski definition) is 1. The van der Waals surface area contributed by atoms with E-state index in [-0.39, 0.29) is 10.8 Å². The predicted octanol–water partition coefficient (Wildman–Crippen LogP) is 2.77. The van der Waals surface area contributed by atoms with Gasteiger partial charge in [-0.2, -0.15) is 0 Å². The van der Waals surface area contributed by atoms with E-state index in [0.29, 0.717) is 19.5 Å². The summed E-state index contributed by atoms with van der Waals surface area (Å²) in [5.41, 5.74) is 3.28. The summed E-state index contributed by atoms with van der Waals surface area (Å²) < 4.78 is 1.65. The van der Waals surface area contributed by atoms with Crippen molar-refractivity contribution in [3.05, 3.63) is 56.1 Å². The normalized spacial score (nSPS) is 11.0. The highest BCUT2D eigenvalue weighted by molar-refractivity contribution is 7.07. The summed E-state index contributed by atoms with van der Waals surface area (Å²) >= 11 is 1.17. The van der Waals surface area contributed by atoms with Crippen LogP contribution in [-0.2, 0) is 24.4 Å². The molecule has 6 heteroatoms. The van der Waals surface area contributed by atoms with Crippen molar-refractivity contribution in [1.29, 1.82) is 0 Å². The fourth-order valence-electron chi connectivity index (χ4n) is 2.64. The fraction of sp³-hybridized carbons (Fsp3) is 0.474. The van der Waals surface area contributed by atoms with E-state index in [0.717, 1.165) is 30.9 Å². The Kier molecular flexibility index (Phi) is 7.40. The maximum atomic E-state index is 12.0. The van der Waals surface area contributed by atoms with Crippen molar-refractivity contribution in [1.82, 2.24) is 14.8 Å². The first-order valence-corrected chi connectivity index (χ1v) is 9.63. The van der Waals surface area contributed by atoms with Crippen LogP contribution in [0.15, 0.2) is 34.4 Å². The van der Waals surface area contributed by atoms with Crippen molar-refractivity contribution in [2.24, 2.45) is 0 Å². The fourth-order valence-corrected chi connectivity index (χ4v) is 3.41. The lowest BCUT2D eigenvalue weighted by atomic mass is 10.1. The monoisotopic (exact) mass is 361 g/mol. The Morgan fingerprint density at radius 3 is 2.36 bits per heavy atom. The molecule has 0 atom stereocenters. The quantitative estimate of drug-likeness (QED) is 0.747. The van der Waals surface area contributed by atoms with Gasteiger partial charge in [-0.1, -0.05) is 49.4 Å². The minimum absolute atomic E-state index is 0.00547. The van der Waals surface area contributed by atoms with Crippen LogP contribution in [0.1, 0.15) is 37.1 Å². The molecule has 1 N–H and O–H groups in total. The van der Waals surface area contributed by atoms with E-state index in [1.54, 1.807) is 4.57 Å². The molecule has 0 fully saturated rings. The smallest absolute Gasteiger partial charge is 0.307 e. The number of aryl methyl sites for hydroxylation is 1. The van der Waals surface area contributed by atoms with Gasteiger partial charge < -0.3 is 9.88 Å². The van der Waals surface area contributed by atoms with Gasteiger partial charge in [0.05, 0.1) is 0 Å². The molecule has 1 aromatic heterocycles. The molecular formula is C19H27N3O2S. The van der Waals surface area contributed by atoms with Gasteiger partial charge >= 0.3 is 4.87 Å². The number of nitrogens with zero attached hydrogens (tertiary/aromatic N) is 2. The molecule has 1 heterocycles. The van der Waals surface area contributed by atoms with Crippen LogP contribution in [0.4, 0.5) is 0 Å². The van der Waals surface area contributed by atoms with Crippen LogP contribution in [0.3, 0.4) is 0 Å². The van der Waals surface area contributed by atoms with Gasteiger partial charge in [-0.15, -0.1) is 0 Å². The zero-order valence-electron chi connectivity index (χ0n) is 15.2. The number of rotatable bonds is 9. The summed E-state index contributed by atoms with van der Waals surface area (Å²) in [7, 11) is 0. The van der Waals surface area contributed by atoms with Gasteiger partial charge in [0.15, 0.2) is 0 Å². The van der Waals surface area contributed by atoms with Crippen LogP contribution < -0.4 is 10.2 Å². The Morgan fingerprint density at radius 1 is 1.16 bits per heavy atom. The minimum atomic E-state index is -0.0373. The summed E-state index contributed by atoms with van der Waals surface area (Å²) in [6.45, 7) is 10.2. The average molecular weight is 362 g/mol. The average Bonchev–Trinajstić information content (AvgIpc) is 2.95. The minimum Gasteiger partial charge on any atom is -0.352 e. The number of thiazole rings is 1. The molecule has 0 radical (unpaired) electrons. The van der Waals surface area contributed by atoms with Gasteiger partial charge in [0.1, 0.15) is 0 Å². The standard InChI is InChI=1S/C19H27N3O2S/c1-4-21(5-2)13-17-8-6-16(7-9-17)12-20-18(23)10-11-22-15(3)14-25-19(22)24/h6-9,14H,4-5,10-13H2,1-3H3,(H,20,23). The lowest BCUT2D eigenvalue weighted by Gasteiger charge is -2.18. The highest BCUT2D eigenvalue weighted by Crippen LogP contribution is 2.08. The molecule has 2 rings (SSSR count). The van der Waals surface area contributed by atoms with Gasteiger partial charge in [0, 0.05) is 37.1 Å². The Bertz CT molecular complexity index is 730. The van der Waals surface area contributed by atoms with Gasteiger partial charge in [-0.25, -0.2) is 0 Å². The van der Waals surface area contributed by atoms with Crippen LogP contribution >= 0.6 is 11.3 Å². The number of aromatic nitrogens is 1. The number of carbonyl (C=O) groups excluding carboxylic acids is 1. The molecule has 0 aliphatic rings. The molecule has 0 unspecified atom stereocenters. The molecule has 0 aliphatic heterocycles. The second-order valence-electron chi connectivity index (χ2n) is 6.10. The first kappa shape index (κ1) is 19.4. The Labute approximate surface area is 153 Å². The third-order valence-corrected chi connectivity index (χ3v) is 5.23. The maximum absolute atomic E-state index is 12.0. The third kappa shape index (κ3) is 5.83. The maximum Gasteiger partial charge on any atom is 0.307 e. The molecule has 0 aliphatic carbocycles. The van der Waals surface area contributed by atoms with Gasteiger partial charge in [0.2, 0.25) is 5.91 Å². The van der Waals surface area contributed by atoms with E-state index in [4.69, 9.17) is 0 Å². The van der Waals surface area contributed by atoms with E-state index in [2.05, 4.69) is 48.3 Å². The SMILES string of the molecule is CCN(CC)Cc1ccc(CNC(=O)CCn2c(C)csc2=O)cc1. The Hall–Kier alpha value is -1.92. The second-order valence-corrected chi connectivity index (χ2v) is 6.92. The molecule has 136 valence electrons. The van der Waals surface area contributed by atoms with Gasteiger partial charge in [0.25, 0.3) is 0 Å². The number of nitrogens with one attached hydrogen (secondary N) is 1. The molecule has 0 saturated heterocycles. The van der Waals surface area contributed by atoms with E-state index < -0.39 is 0 Å². The van der Waals surface area contributed by atoms with E-state index in [1.165, 1.54) is 16.9 Å². The molecular weight excluding hydrogens is 334 g/mol. The third-order valence-electron chi connectivity index (χ3n) is 4.35. The molecule has 0 spiro atoms. The number of carbonyl (C=O) groups is 1. The number of hydrogen-bond acceptors (Lipinski definition) is 4. The summed E-state index contributed by atoms with van der Waals surface area (Å²) in [6.07, 6.45) is 0.317.